The quantitative estimate of drug-likeness (QED) is 0.789. The molecule has 0 fully saturated rings. The van der Waals surface area contributed by atoms with E-state index in [-0.39, 0.29) is 11.4 Å². The lowest BCUT2D eigenvalue weighted by atomic mass is 10.2. The lowest BCUT2D eigenvalue weighted by molar-refractivity contribution is 0.0696. The SMILES string of the molecule is Cc1cn[nH]c1NS(=O)(=O)c1cc(C(=O)O)ccc1F. The van der Waals surface area contributed by atoms with E-state index in [9.17, 15) is 17.6 Å². The Balaban J connectivity index is 2.46. The number of halogens is 1. The van der Waals surface area contributed by atoms with Gasteiger partial charge in [-0.05, 0) is 25.1 Å². The molecule has 1 aromatic carbocycles. The van der Waals surface area contributed by atoms with Crippen LogP contribution >= 0.6 is 0 Å². The number of anilines is 1. The number of rotatable bonds is 4. The number of aryl methyl sites for hydroxylation is 1. The molecule has 0 aliphatic rings. The number of carbonyl (C=O) groups is 1. The summed E-state index contributed by atoms with van der Waals surface area (Å²) in [6, 6.07) is 2.53. The summed E-state index contributed by atoms with van der Waals surface area (Å²) in [4.78, 5) is 10.1. The van der Waals surface area contributed by atoms with Gasteiger partial charge in [-0.1, -0.05) is 0 Å². The fourth-order valence-corrected chi connectivity index (χ4v) is 2.67. The molecule has 0 atom stereocenters. The molecule has 0 unspecified atom stereocenters. The molecule has 0 saturated carbocycles. The Morgan fingerprint density at radius 3 is 2.70 bits per heavy atom. The summed E-state index contributed by atoms with van der Waals surface area (Å²) in [5.41, 5.74) is 0.191. The highest BCUT2D eigenvalue weighted by Crippen LogP contribution is 2.20. The molecular weight excluding hydrogens is 289 g/mol. The van der Waals surface area contributed by atoms with Crippen LogP contribution in [0.3, 0.4) is 0 Å². The zero-order valence-electron chi connectivity index (χ0n) is 10.2. The van der Waals surface area contributed by atoms with Crippen molar-refractivity contribution in [1.29, 1.82) is 0 Å². The summed E-state index contributed by atoms with van der Waals surface area (Å²) in [5.74, 6) is -2.30. The van der Waals surface area contributed by atoms with Crippen molar-refractivity contribution in [1.82, 2.24) is 10.2 Å². The number of nitrogens with one attached hydrogen (secondary N) is 2. The van der Waals surface area contributed by atoms with Gasteiger partial charge in [-0.15, -0.1) is 0 Å². The normalized spacial score (nSPS) is 11.3. The van der Waals surface area contributed by atoms with Crippen molar-refractivity contribution < 1.29 is 22.7 Å². The first-order valence-electron chi connectivity index (χ1n) is 5.37. The standard InChI is InChI=1S/C11H10FN3O4S/c1-6-5-13-14-10(6)15-20(18,19)9-4-7(11(16)17)2-3-8(9)12/h2-5H,1H3,(H,16,17)(H2,13,14,15). The minimum absolute atomic E-state index is 0.0881. The molecule has 20 heavy (non-hydrogen) atoms. The van der Waals surface area contributed by atoms with Gasteiger partial charge in [-0.3, -0.25) is 9.82 Å². The number of aromatic nitrogens is 2. The molecule has 3 N–H and O–H groups in total. The Kier molecular flexibility index (Phi) is 3.45. The zero-order valence-corrected chi connectivity index (χ0v) is 11.0. The third kappa shape index (κ3) is 2.62. The van der Waals surface area contributed by atoms with Gasteiger partial charge >= 0.3 is 5.97 Å². The Bertz CT molecular complexity index is 770. The van der Waals surface area contributed by atoms with Crippen LogP contribution in [0, 0.1) is 12.7 Å². The molecule has 9 heteroatoms. The summed E-state index contributed by atoms with van der Waals surface area (Å²) < 4.78 is 39.8. The molecule has 0 amide bonds. The van der Waals surface area contributed by atoms with Crippen LogP contribution in [0.2, 0.25) is 0 Å². The largest absolute Gasteiger partial charge is 0.478 e. The molecular formula is C11H10FN3O4S. The van der Waals surface area contributed by atoms with E-state index in [4.69, 9.17) is 5.11 Å². The number of hydrogen-bond donors (Lipinski definition) is 3. The van der Waals surface area contributed by atoms with Gasteiger partial charge in [0.2, 0.25) is 0 Å². The highest BCUT2D eigenvalue weighted by Gasteiger charge is 2.22. The fraction of sp³-hybridized carbons (Fsp3) is 0.0909. The van der Waals surface area contributed by atoms with Crippen molar-refractivity contribution in [2.75, 3.05) is 4.72 Å². The minimum Gasteiger partial charge on any atom is -0.478 e. The van der Waals surface area contributed by atoms with E-state index in [0.29, 0.717) is 5.56 Å². The van der Waals surface area contributed by atoms with Gasteiger partial charge in [0, 0.05) is 5.56 Å². The molecule has 1 heterocycles. The van der Waals surface area contributed by atoms with E-state index < -0.39 is 26.7 Å². The third-order valence-corrected chi connectivity index (χ3v) is 3.90. The van der Waals surface area contributed by atoms with Crippen molar-refractivity contribution in [3.8, 4) is 0 Å². The number of sulfonamides is 1. The molecule has 2 rings (SSSR count). The van der Waals surface area contributed by atoms with Crippen LogP contribution < -0.4 is 4.72 Å². The number of hydrogen-bond acceptors (Lipinski definition) is 4. The van der Waals surface area contributed by atoms with Gasteiger partial charge in [-0.25, -0.2) is 17.6 Å². The van der Waals surface area contributed by atoms with Crippen LogP contribution in [0.1, 0.15) is 15.9 Å². The number of carboxylic acids is 1. The number of H-pyrrole nitrogens is 1. The second-order valence-electron chi connectivity index (χ2n) is 3.98. The zero-order chi connectivity index (χ0) is 14.9. The lowest BCUT2D eigenvalue weighted by Crippen LogP contribution is -2.16. The summed E-state index contributed by atoms with van der Waals surface area (Å²) in [7, 11) is -4.25. The predicted molar refractivity (Wildman–Crippen MR) is 67.5 cm³/mol. The highest BCUT2D eigenvalue weighted by molar-refractivity contribution is 7.92. The van der Waals surface area contributed by atoms with Crippen LogP contribution in [-0.4, -0.2) is 29.7 Å². The maximum atomic E-state index is 13.6. The molecule has 0 bridgehead atoms. The molecule has 0 saturated heterocycles. The number of aromatic amines is 1. The minimum atomic E-state index is -4.25. The van der Waals surface area contributed by atoms with Crippen LogP contribution in [-0.2, 0) is 10.0 Å². The van der Waals surface area contributed by atoms with Crippen LogP contribution in [0.4, 0.5) is 10.2 Å². The smallest absolute Gasteiger partial charge is 0.335 e. The molecule has 0 radical (unpaired) electrons. The molecule has 2 aromatic rings. The molecule has 0 aliphatic carbocycles. The lowest BCUT2D eigenvalue weighted by Gasteiger charge is -2.08. The Labute approximate surface area is 113 Å². The van der Waals surface area contributed by atoms with Crippen molar-refractivity contribution in [2.24, 2.45) is 0 Å². The summed E-state index contributed by atoms with van der Waals surface area (Å²) >= 11 is 0. The molecule has 0 spiro atoms. The van der Waals surface area contributed by atoms with E-state index in [0.717, 1.165) is 18.2 Å². The van der Waals surface area contributed by atoms with Gasteiger partial charge in [0.25, 0.3) is 10.0 Å². The van der Waals surface area contributed by atoms with Crippen molar-refractivity contribution in [3.63, 3.8) is 0 Å². The first-order chi connectivity index (χ1) is 9.31. The van der Waals surface area contributed by atoms with E-state index in [2.05, 4.69) is 14.9 Å². The van der Waals surface area contributed by atoms with Gasteiger partial charge in [0.1, 0.15) is 16.5 Å². The predicted octanol–water partition coefficient (Wildman–Crippen LogP) is 1.36. The average Bonchev–Trinajstić information content (AvgIpc) is 2.74. The second-order valence-corrected chi connectivity index (χ2v) is 5.63. The second kappa shape index (κ2) is 4.93. The Hall–Kier alpha value is -2.42. The van der Waals surface area contributed by atoms with E-state index in [1.54, 1.807) is 6.92 Å². The highest BCUT2D eigenvalue weighted by atomic mass is 32.2. The summed E-state index contributed by atoms with van der Waals surface area (Å²) in [5, 5.41) is 14.8. The van der Waals surface area contributed by atoms with Crippen molar-refractivity contribution >= 4 is 21.8 Å². The fourth-order valence-electron chi connectivity index (χ4n) is 1.48. The first kappa shape index (κ1) is 14.0. The van der Waals surface area contributed by atoms with E-state index in [1.807, 2.05) is 0 Å². The van der Waals surface area contributed by atoms with Gasteiger partial charge in [0.15, 0.2) is 0 Å². The maximum Gasteiger partial charge on any atom is 0.335 e. The van der Waals surface area contributed by atoms with Crippen LogP contribution in [0.5, 0.6) is 0 Å². The van der Waals surface area contributed by atoms with Crippen molar-refractivity contribution in [2.45, 2.75) is 11.8 Å². The Morgan fingerprint density at radius 2 is 2.15 bits per heavy atom. The topological polar surface area (TPSA) is 112 Å². The molecule has 106 valence electrons. The average molecular weight is 299 g/mol. The number of carboxylic acid groups (broad SMARTS) is 1. The first-order valence-corrected chi connectivity index (χ1v) is 6.85. The summed E-state index contributed by atoms with van der Waals surface area (Å²) in [6.07, 6.45) is 1.39. The molecule has 1 aromatic heterocycles. The maximum absolute atomic E-state index is 13.6. The molecule has 0 aliphatic heterocycles. The van der Waals surface area contributed by atoms with Crippen LogP contribution in [0.25, 0.3) is 0 Å². The van der Waals surface area contributed by atoms with E-state index >= 15 is 0 Å². The van der Waals surface area contributed by atoms with Crippen LogP contribution in [0.15, 0.2) is 29.3 Å². The Morgan fingerprint density at radius 1 is 1.45 bits per heavy atom. The number of benzene rings is 1. The van der Waals surface area contributed by atoms with E-state index in [1.165, 1.54) is 6.20 Å². The monoisotopic (exact) mass is 299 g/mol. The van der Waals surface area contributed by atoms with Gasteiger partial charge < -0.3 is 5.11 Å². The third-order valence-electron chi connectivity index (χ3n) is 2.53. The number of aromatic carboxylic acids is 1. The van der Waals surface area contributed by atoms with Crippen molar-refractivity contribution in [3.05, 3.63) is 41.3 Å². The number of nitrogens with zero attached hydrogens (tertiary/aromatic N) is 1. The van der Waals surface area contributed by atoms with Gasteiger partial charge in [-0.2, -0.15) is 5.10 Å². The molecule has 7 nitrogen and oxygen atoms in total. The van der Waals surface area contributed by atoms with Gasteiger partial charge in [0.05, 0.1) is 11.8 Å². The summed E-state index contributed by atoms with van der Waals surface area (Å²) in [6.45, 7) is 1.60.